The van der Waals surface area contributed by atoms with E-state index in [2.05, 4.69) is 51.6 Å². The van der Waals surface area contributed by atoms with Crippen LogP contribution in [0.3, 0.4) is 0 Å². The minimum atomic E-state index is -0.0775. The van der Waals surface area contributed by atoms with Gasteiger partial charge in [-0.05, 0) is 23.4 Å². The maximum absolute atomic E-state index is 4.33. The molecule has 1 aromatic carbocycles. The van der Waals surface area contributed by atoms with E-state index in [-0.39, 0.29) is 31.6 Å². The minimum Gasteiger partial charge on any atom is -0.663 e. The Morgan fingerprint density at radius 2 is 1.39 bits per heavy atom. The zero-order valence-electron chi connectivity index (χ0n) is 18.5. The molecule has 0 aliphatic rings. The van der Waals surface area contributed by atoms with Crippen LogP contribution in [0.1, 0.15) is 60.1 Å². The summed E-state index contributed by atoms with van der Waals surface area (Å²) in [5.74, 6) is 1.30. The summed E-state index contributed by atoms with van der Waals surface area (Å²) in [5.41, 5.74) is 0.806. The van der Waals surface area contributed by atoms with Gasteiger partial charge in [-0.3, -0.25) is 4.99 Å². The summed E-state index contributed by atoms with van der Waals surface area (Å²) in [6, 6.07) is 9.70. The summed E-state index contributed by atoms with van der Waals surface area (Å²) in [6.45, 7) is 18.2. The van der Waals surface area contributed by atoms with E-state index in [9.17, 15) is 0 Å². The van der Waals surface area contributed by atoms with E-state index in [1.807, 2.05) is 58.0 Å². The zero-order chi connectivity index (χ0) is 20.5. The van der Waals surface area contributed by atoms with Crippen molar-refractivity contribution in [3.05, 3.63) is 52.6 Å². The van der Waals surface area contributed by atoms with Crippen molar-refractivity contribution in [3.8, 4) is 0 Å². The average Bonchev–Trinajstić information content (AvgIpc) is 3.13. The van der Waals surface area contributed by atoms with Gasteiger partial charge in [-0.1, -0.05) is 66.7 Å². The van der Waals surface area contributed by atoms with Crippen LogP contribution in [0.5, 0.6) is 0 Å². The average molecular weight is 463 g/mol. The molecule has 0 spiro atoms. The van der Waals surface area contributed by atoms with Gasteiger partial charge in [0.05, 0.1) is 5.69 Å². The Kier molecular flexibility index (Phi) is 18.6. The standard InChI is InChI=1S/C13H15N4.2C4H10N.Zr/c1-13(2,3)12-15-11(16-17-12)9-14-10-7-5-4-6-8-10;2*1-3-5-4-2;/h4-9H,1-3H3;2*3-4H2,1-2H3;/q3*-1;+3. The van der Waals surface area contributed by atoms with Crippen molar-refractivity contribution < 1.29 is 26.2 Å². The molecule has 6 nitrogen and oxygen atoms in total. The number of nitrogens with zero attached hydrogens (tertiary/aromatic N) is 6. The quantitative estimate of drug-likeness (QED) is 0.548. The Balaban J connectivity index is 0. The van der Waals surface area contributed by atoms with Gasteiger partial charge in [-0.15, -0.1) is 0 Å². The van der Waals surface area contributed by atoms with Crippen LogP contribution >= 0.6 is 0 Å². The molecule has 0 N–H and O–H groups in total. The molecule has 0 aliphatic carbocycles. The minimum absolute atomic E-state index is 0. The predicted molar refractivity (Wildman–Crippen MR) is 117 cm³/mol. The van der Waals surface area contributed by atoms with Crippen LogP contribution in [0.2, 0.25) is 0 Å². The van der Waals surface area contributed by atoms with Gasteiger partial charge < -0.3 is 25.8 Å². The van der Waals surface area contributed by atoms with Gasteiger partial charge in [0.1, 0.15) is 0 Å². The Morgan fingerprint density at radius 1 is 0.893 bits per heavy atom. The van der Waals surface area contributed by atoms with Crippen molar-refractivity contribution in [2.75, 3.05) is 26.2 Å². The van der Waals surface area contributed by atoms with Gasteiger partial charge in [0.15, 0.2) is 0 Å². The fourth-order valence-electron chi connectivity index (χ4n) is 1.72. The fourth-order valence-corrected chi connectivity index (χ4v) is 1.72. The molecule has 2 aromatic rings. The monoisotopic (exact) mass is 461 g/mol. The zero-order valence-corrected chi connectivity index (χ0v) is 20.9. The van der Waals surface area contributed by atoms with Crippen molar-refractivity contribution in [2.45, 2.75) is 53.9 Å². The normalized spacial score (nSPS) is 10.4. The van der Waals surface area contributed by atoms with Gasteiger partial charge in [0.2, 0.25) is 0 Å². The van der Waals surface area contributed by atoms with Crippen LogP contribution in [0.4, 0.5) is 5.69 Å². The summed E-state index contributed by atoms with van der Waals surface area (Å²) < 4.78 is 0. The molecule has 0 unspecified atom stereocenters. The number of hydrogen-bond acceptors (Lipinski definition) is 3. The molecule has 0 aliphatic heterocycles. The summed E-state index contributed by atoms with van der Waals surface area (Å²) >= 11 is 0. The third-order valence-electron chi connectivity index (χ3n) is 3.12. The first-order valence-electron chi connectivity index (χ1n) is 9.62. The molecule has 1 radical (unpaired) electrons. The number of rotatable bonds is 6. The molecule has 0 bridgehead atoms. The number of hydrogen-bond donors (Lipinski definition) is 0. The third-order valence-corrected chi connectivity index (χ3v) is 3.12. The first-order valence-corrected chi connectivity index (χ1v) is 9.62. The Morgan fingerprint density at radius 3 is 1.75 bits per heavy atom. The molecule has 0 fully saturated rings. The smallest absolute Gasteiger partial charge is 0.663 e. The maximum Gasteiger partial charge on any atom is 3.00 e. The molecule has 0 saturated heterocycles. The summed E-state index contributed by atoms with van der Waals surface area (Å²) in [5, 5.41) is 16.0. The SMILES string of the molecule is CC(C)(C)c1nnc(C=Nc2ccccc2)[n-]1.CC[N-]CC.CC[N-]CC.[Zr+3]. The van der Waals surface area contributed by atoms with Gasteiger partial charge in [-0.25, -0.2) is 0 Å². The number of benzene rings is 1. The number of para-hydroxylation sites is 1. The first kappa shape index (κ1) is 29.0. The molecule has 7 heteroatoms. The van der Waals surface area contributed by atoms with E-state index in [0.29, 0.717) is 5.82 Å². The molecular formula is C21H35N6Zr. The number of aliphatic imine (C=N–C) groups is 1. The van der Waals surface area contributed by atoms with E-state index in [1.54, 1.807) is 6.21 Å². The van der Waals surface area contributed by atoms with Crippen LogP contribution in [-0.2, 0) is 31.6 Å². The van der Waals surface area contributed by atoms with E-state index in [4.69, 9.17) is 0 Å². The van der Waals surface area contributed by atoms with Gasteiger partial charge in [-0.2, -0.15) is 26.2 Å². The molecule has 1 heterocycles. The molecule has 0 saturated carbocycles. The van der Waals surface area contributed by atoms with Crippen LogP contribution < -0.4 is 4.98 Å². The van der Waals surface area contributed by atoms with E-state index >= 15 is 0 Å². The van der Waals surface area contributed by atoms with Crippen molar-refractivity contribution in [3.63, 3.8) is 0 Å². The summed E-state index contributed by atoms with van der Waals surface area (Å²) in [6.07, 6.45) is 1.64. The molecule has 1 aromatic heterocycles. The first-order chi connectivity index (χ1) is 12.9. The Labute approximate surface area is 190 Å². The largest absolute Gasteiger partial charge is 3.00 e. The summed E-state index contributed by atoms with van der Waals surface area (Å²) in [4.78, 5) is 8.61. The fraction of sp³-hybridized carbons (Fsp3) is 0.571. The van der Waals surface area contributed by atoms with Crippen molar-refractivity contribution in [2.24, 2.45) is 4.99 Å². The number of aromatic nitrogens is 3. The van der Waals surface area contributed by atoms with Gasteiger partial charge in [0.25, 0.3) is 0 Å². The molecule has 0 amide bonds. The van der Waals surface area contributed by atoms with Crippen LogP contribution in [0.15, 0.2) is 35.3 Å². The molecule has 0 atom stereocenters. The van der Waals surface area contributed by atoms with Crippen molar-refractivity contribution in [1.82, 2.24) is 15.2 Å². The van der Waals surface area contributed by atoms with Crippen LogP contribution in [0, 0.1) is 0 Å². The van der Waals surface area contributed by atoms with E-state index in [0.717, 1.165) is 37.7 Å². The van der Waals surface area contributed by atoms with Crippen LogP contribution in [0.25, 0.3) is 10.6 Å². The summed E-state index contributed by atoms with van der Waals surface area (Å²) in [7, 11) is 0. The van der Waals surface area contributed by atoms with Gasteiger partial charge >= 0.3 is 26.2 Å². The predicted octanol–water partition coefficient (Wildman–Crippen LogP) is 5.28. The third kappa shape index (κ3) is 14.8. The topological polar surface area (TPSA) is 80.4 Å². The molecule has 153 valence electrons. The van der Waals surface area contributed by atoms with Crippen molar-refractivity contribution >= 4 is 11.9 Å². The van der Waals surface area contributed by atoms with Crippen LogP contribution in [-0.4, -0.2) is 42.6 Å². The van der Waals surface area contributed by atoms with Gasteiger partial charge in [0, 0.05) is 12.0 Å². The Bertz CT molecular complexity index is 595. The van der Waals surface area contributed by atoms with Crippen molar-refractivity contribution in [1.29, 1.82) is 0 Å². The van der Waals surface area contributed by atoms with E-state index in [1.165, 1.54) is 0 Å². The molecule has 2 rings (SSSR count). The van der Waals surface area contributed by atoms with E-state index < -0.39 is 0 Å². The maximum atomic E-state index is 4.33. The second-order valence-electron chi connectivity index (χ2n) is 6.55. The second-order valence-corrected chi connectivity index (χ2v) is 6.55. The second kappa shape index (κ2) is 17.9. The Hall–Kier alpha value is -1.17. The molecular weight excluding hydrogens is 427 g/mol. The molecule has 28 heavy (non-hydrogen) atoms.